The van der Waals surface area contributed by atoms with Gasteiger partial charge in [-0.05, 0) is 43.5 Å². The van der Waals surface area contributed by atoms with E-state index in [-0.39, 0.29) is 35.9 Å². The van der Waals surface area contributed by atoms with Crippen molar-refractivity contribution in [2.45, 2.75) is 25.7 Å². The van der Waals surface area contributed by atoms with Crippen LogP contribution in [0.5, 0.6) is 0 Å². The zero-order valence-electron chi connectivity index (χ0n) is 9.83. The van der Waals surface area contributed by atoms with Crippen LogP contribution < -0.4 is 29.6 Å². The summed E-state index contributed by atoms with van der Waals surface area (Å²) in [6, 6.07) is 3.23. The van der Waals surface area contributed by atoms with Gasteiger partial charge in [0.15, 0.2) is 0 Å². The zero-order valence-corrected chi connectivity index (χ0v) is 11.6. The molecule has 0 aliphatic heterocycles. The van der Waals surface area contributed by atoms with E-state index in [1.165, 1.54) is 6.07 Å². The maximum absolute atomic E-state index is 10.9. The Hall–Kier alpha value is 0.130. The molecule has 0 spiro atoms. The van der Waals surface area contributed by atoms with Crippen molar-refractivity contribution in [3.63, 3.8) is 0 Å². The molecule has 0 fully saturated rings. The Labute approximate surface area is 108 Å². The van der Waals surface area contributed by atoms with Gasteiger partial charge in [-0.2, -0.15) is 8.42 Å². The molecule has 5 heteroatoms. The molecule has 14 heavy (non-hydrogen) atoms. The van der Waals surface area contributed by atoms with Crippen LogP contribution in [0.3, 0.4) is 0 Å². The predicted octanol–water partition coefficient (Wildman–Crippen LogP) is -1.02. The first-order valence-corrected chi connectivity index (χ1v) is 5.31. The van der Waals surface area contributed by atoms with Gasteiger partial charge in [0.25, 0.3) is 10.1 Å². The van der Waals surface area contributed by atoms with Crippen molar-refractivity contribution >= 4 is 10.1 Å². The third-order valence-electron chi connectivity index (χ3n) is 2.07. The maximum Gasteiger partial charge on any atom is 1.00 e. The van der Waals surface area contributed by atoms with Gasteiger partial charge < -0.3 is 1.43 Å². The summed E-state index contributed by atoms with van der Waals surface area (Å²) in [5, 5.41) is 0. The monoisotopic (exact) mass is 224 g/mol. The average Bonchev–Trinajstić information content (AvgIpc) is 1.94. The van der Waals surface area contributed by atoms with E-state index in [4.69, 9.17) is 4.55 Å². The van der Waals surface area contributed by atoms with E-state index in [0.717, 1.165) is 11.1 Å². The molecule has 0 aliphatic rings. The Morgan fingerprint density at radius 1 is 1.07 bits per heavy atom. The van der Waals surface area contributed by atoms with Gasteiger partial charge >= 0.3 is 29.6 Å². The molecule has 0 unspecified atom stereocenters. The van der Waals surface area contributed by atoms with Crippen LogP contribution in [0.15, 0.2) is 17.0 Å². The number of aryl methyl sites for hydroxylation is 3. The van der Waals surface area contributed by atoms with E-state index in [1.54, 1.807) is 13.0 Å². The van der Waals surface area contributed by atoms with Gasteiger partial charge in [0.05, 0.1) is 4.90 Å². The quantitative estimate of drug-likeness (QED) is 0.490. The Kier molecular flexibility index (Phi) is 4.81. The number of hydrogen-bond donors (Lipinski definition) is 1. The van der Waals surface area contributed by atoms with Gasteiger partial charge in [0.1, 0.15) is 0 Å². The third kappa shape index (κ3) is 3.07. The molecule has 0 aliphatic carbocycles. The van der Waals surface area contributed by atoms with Crippen LogP contribution in [0.1, 0.15) is 18.1 Å². The van der Waals surface area contributed by atoms with Crippen LogP contribution in [0.4, 0.5) is 0 Å². The van der Waals surface area contributed by atoms with Crippen LogP contribution in [-0.2, 0) is 10.1 Å². The van der Waals surface area contributed by atoms with Gasteiger partial charge in [0, 0.05) is 0 Å². The fourth-order valence-corrected chi connectivity index (χ4v) is 2.00. The van der Waals surface area contributed by atoms with Crippen molar-refractivity contribution in [2.75, 3.05) is 0 Å². The molecule has 1 aromatic carbocycles. The topological polar surface area (TPSA) is 54.4 Å². The van der Waals surface area contributed by atoms with Crippen molar-refractivity contribution in [1.82, 2.24) is 0 Å². The van der Waals surface area contributed by atoms with E-state index in [9.17, 15) is 8.42 Å². The normalized spacial score (nSPS) is 10.9. The molecular weight excluding hydrogens is 211 g/mol. The van der Waals surface area contributed by atoms with E-state index < -0.39 is 10.1 Å². The van der Waals surface area contributed by atoms with Gasteiger partial charge in [-0.1, -0.05) is 6.07 Å². The maximum atomic E-state index is 10.9. The average molecular weight is 224 g/mol. The zero-order chi connectivity index (χ0) is 10.2. The molecule has 1 aromatic rings. The van der Waals surface area contributed by atoms with Gasteiger partial charge in [-0.25, -0.2) is 0 Å². The molecular formula is C9H13NaO3S. The first-order chi connectivity index (χ1) is 5.82. The van der Waals surface area contributed by atoms with E-state index >= 15 is 0 Å². The number of hydrogen-bond acceptors (Lipinski definition) is 2. The largest absolute Gasteiger partial charge is 1.00 e. The smallest absolute Gasteiger partial charge is 1.00 e. The van der Waals surface area contributed by atoms with Crippen LogP contribution >= 0.6 is 0 Å². The molecule has 1 N–H and O–H groups in total. The van der Waals surface area contributed by atoms with Gasteiger partial charge in [-0.15, -0.1) is 0 Å². The summed E-state index contributed by atoms with van der Waals surface area (Å²) in [6.45, 7) is 5.37. The number of rotatable bonds is 1. The second kappa shape index (κ2) is 4.77. The summed E-state index contributed by atoms with van der Waals surface area (Å²) < 4.78 is 30.6. The summed E-state index contributed by atoms with van der Waals surface area (Å²) in [4.78, 5) is -0.00407. The van der Waals surface area contributed by atoms with Gasteiger partial charge in [-0.3, -0.25) is 4.55 Å². The first-order valence-electron chi connectivity index (χ1n) is 3.87. The Morgan fingerprint density at radius 2 is 1.50 bits per heavy atom. The fraction of sp³-hybridized carbons (Fsp3) is 0.333. The van der Waals surface area contributed by atoms with Crippen LogP contribution in [0, 0.1) is 20.8 Å². The molecule has 0 saturated carbocycles. The molecule has 0 radical (unpaired) electrons. The van der Waals surface area contributed by atoms with E-state index in [2.05, 4.69) is 0 Å². The summed E-state index contributed by atoms with van der Waals surface area (Å²) in [5.41, 5.74) is 2.45. The molecule has 3 nitrogen and oxygen atoms in total. The second-order valence-electron chi connectivity index (χ2n) is 3.18. The Morgan fingerprint density at radius 3 is 1.93 bits per heavy atom. The van der Waals surface area contributed by atoms with Crippen LogP contribution in [-0.4, -0.2) is 13.0 Å². The summed E-state index contributed by atoms with van der Waals surface area (Å²) >= 11 is 0. The third-order valence-corrected chi connectivity index (χ3v) is 3.06. The standard InChI is InChI=1S/C9H12O3S.Na.H/c1-6-4-8(3)9(5-7(6)2)13(10,11)12;;/h4-5H,1-3H3,(H,10,11,12);;/q;+1;-1. The minimum atomic E-state index is -4.07. The molecule has 0 saturated heterocycles. The molecule has 0 heterocycles. The summed E-state index contributed by atoms with van der Waals surface area (Å²) in [5.74, 6) is 0. The van der Waals surface area contributed by atoms with Crippen molar-refractivity contribution < 1.29 is 44.0 Å². The molecule has 0 bridgehead atoms. The molecule has 74 valence electrons. The molecule has 1 rings (SSSR count). The second-order valence-corrected chi connectivity index (χ2v) is 4.57. The van der Waals surface area contributed by atoms with E-state index in [0.29, 0.717) is 5.56 Å². The van der Waals surface area contributed by atoms with Crippen molar-refractivity contribution in [3.05, 3.63) is 28.8 Å². The number of benzene rings is 1. The molecule has 0 amide bonds. The SMILES string of the molecule is Cc1cc(C)c(S(=O)(=O)O)cc1C.[H-].[Na+]. The fourth-order valence-electron chi connectivity index (χ4n) is 1.21. The Balaban J connectivity index is 0. The van der Waals surface area contributed by atoms with E-state index in [1.807, 2.05) is 13.8 Å². The molecule has 0 aromatic heterocycles. The minimum Gasteiger partial charge on any atom is -1.00 e. The minimum absolute atomic E-state index is 0. The van der Waals surface area contributed by atoms with Crippen LogP contribution in [0.2, 0.25) is 0 Å². The Bertz CT molecular complexity index is 443. The summed E-state index contributed by atoms with van der Waals surface area (Å²) in [7, 11) is -4.07. The predicted molar refractivity (Wildman–Crippen MR) is 51.6 cm³/mol. The first kappa shape index (κ1) is 14.1. The molecule has 0 atom stereocenters. The van der Waals surface area contributed by atoms with Gasteiger partial charge in [0.2, 0.25) is 0 Å². The van der Waals surface area contributed by atoms with Crippen molar-refractivity contribution in [2.24, 2.45) is 0 Å². The van der Waals surface area contributed by atoms with Crippen LogP contribution in [0.25, 0.3) is 0 Å². The van der Waals surface area contributed by atoms with Crippen molar-refractivity contribution in [3.8, 4) is 0 Å². The summed E-state index contributed by atoms with van der Waals surface area (Å²) in [6.07, 6.45) is 0. The van der Waals surface area contributed by atoms with Crippen molar-refractivity contribution in [1.29, 1.82) is 0 Å².